The molecule has 0 radical (unpaired) electrons. The van der Waals surface area contributed by atoms with Crippen molar-refractivity contribution in [2.45, 2.75) is 45.6 Å². The van der Waals surface area contributed by atoms with Crippen LogP contribution in [-0.4, -0.2) is 35.8 Å². The highest BCUT2D eigenvalue weighted by Crippen LogP contribution is 2.34. The Balaban J connectivity index is 2.01. The van der Waals surface area contributed by atoms with Crippen LogP contribution in [0, 0.1) is 6.92 Å². The van der Waals surface area contributed by atoms with Crippen molar-refractivity contribution in [2.24, 2.45) is 0 Å². The Morgan fingerprint density at radius 3 is 2.83 bits per heavy atom. The molecule has 0 aromatic carbocycles. The van der Waals surface area contributed by atoms with Crippen LogP contribution in [-0.2, 0) is 27.1 Å². The second-order valence-electron chi connectivity index (χ2n) is 6.06. The van der Waals surface area contributed by atoms with E-state index in [9.17, 15) is 9.59 Å². The summed E-state index contributed by atoms with van der Waals surface area (Å²) in [5.41, 5.74) is 1.00. The lowest BCUT2D eigenvalue weighted by atomic mass is 9.97. The fraction of sp³-hybridized carbons (Fsp3) is 0.588. The Morgan fingerprint density at radius 1 is 1.33 bits per heavy atom. The second-order valence-corrected chi connectivity index (χ2v) is 7.15. The molecule has 24 heavy (non-hydrogen) atoms. The van der Waals surface area contributed by atoms with Crippen molar-refractivity contribution in [2.75, 3.05) is 20.3 Å². The summed E-state index contributed by atoms with van der Waals surface area (Å²) in [5.74, 6) is 0.102. The number of carbonyl (C=O) groups excluding carboxylic acids is 1. The van der Waals surface area contributed by atoms with Gasteiger partial charge in [-0.15, -0.1) is 11.3 Å². The van der Waals surface area contributed by atoms with Crippen molar-refractivity contribution in [1.82, 2.24) is 9.55 Å². The SMILES string of the molecule is COCCOC(=O)C(C)n1c(C)nc2sc3c(c2c1=O)CCCC3. The van der Waals surface area contributed by atoms with E-state index in [1.807, 2.05) is 0 Å². The molecule has 1 aliphatic carbocycles. The molecule has 130 valence electrons. The predicted molar refractivity (Wildman–Crippen MR) is 92.8 cm³/mol. The Labute approximate surface area is 144 Å². The monoisotopic (exact) mass is 350 g/mol. The molecule has 1 atom stereocenters. The molecule has 0 aliphatic heterocycles. The smallest absolute Gasteiger partial charge is 0.329 e. The zero-order chi connectivity index (χ0) is 17.3. The number of fused-ring (bicyclic) bond motifs is 3. The maximum Gasteiger partial charge on any atom is 0.329 e. The van der Waals surface area contributed by atoms with E-state index in [0.717, 1.165) is 36.1 Å². The summed E-state index contributed by atoms with van der Waals surface area (Å²) in [6.45, 7) is 3.95. The summed E-state index contributed by atoms with van der Waals surface area (Å²) in [6.07, 6.45) is 4.20. The van der Waals surface area contributed by atoms with Gasteiger partial charge in [0.1, 0.15) is 23.3 Å². The molecule has 0 fully saturated rings. The fourth-order valence-electron chi connectivity index (χ4n) is 3.23. The van der Waals surface area contributed by atoms with E-state index >= 15 is 0 Å². The normalized spacial score (nSPS) is 15.3. The lowest BCUT2D eigenvalue weighted by molar-refractivity contribution is -0.148. The summed E-state index contributed by atoms with van der Waals surface area (Å²) in [6, 6.07) is -0.703. The molecule has 2 heterocycles. The first-order valence-corrected chi connectivity index (χ1v) is 9.05. The van der Waals surface area contributed by atoms with E-state index in [-0.39, 0.29) is 12.2 Å². The standard InChI is InChI=1S/C17H22N2O4S/c1-10(17(21)23-9-8-22-3)19-11(2)18-15-14(16(19)20)12-6-4-5-7-13(12)24-15/h10H,4-9H2,1-3H3. The van der Waals surface area contributed by atoms with E-state index in [2.05, 4.69) is 4.98 Å². The third-order valence-electron chi connectivity index (χ3n) is 4.46. The molecule has 2 aromatic rings. The molecule has 0 bridgehead atoms. The van der Waals surface area contributed by atoms with Gasteiger partial charge in [-0.25, -0.2) is 9.78 Å². The quantitative estimate of drug-likeness (QED) is 0.612. The van der Waals surface area contributed by atoms with Crippen LogP contribution in [0.5, 0.6) is 0 Å². The number of hydrogen-bond donors (Lipinski definition) is 0. The fourth-order valence-corrected chi connectivity index (χ4v) is 4.52. The van der Waals surface area contributed by atoms with Gasteiger partial charge in [0.15, 0.2) is 0 Å². The number of esters is 1. The summed E-state index contributed by atoms with van der Waals surface area (Å²) >= 11 is 1.62. The van der Waals surface area contributed by atoms with Gasteiger partial charge >= 0.3 is 5.97 Å². The van der Waals surface area contributed by atoms with E-state index in [1.54, 1.807) is 32.3 Å². The summed E-state index contributed by atoms with van der Waals surface area (Å²) in [5, 5.41) is 0.692. The van der Waals surface area contributed by atoms with E-state index in [4.69, 9.17) is 9.47 Å². The molecule has 0 N–H and O–H groups in total. The van der Waals surface area contributed by atoms with Crippen LogP contribution >= 0.6 is 11.3 Å². The van der Waals surface area contributed by atoms with Crippen molar-refractivity contribution in [1.29, 1.82) is 0 Å². The van der Waals surface area contributed by atoms with Gasteiger partial charge in [-0.1, -0.05) is 0 Å². The van der Waals surface area contributed by atoms with Gasteiger partial charge in [-0.05, 0) is 45.1 Å². The maximum absolute atomic E-state index is 13.1. The number of methoxy groups -OCH3 is 1. The highest BCUT2D eigenvalue weighted by molar-refractivity contribution is 7.18. The largest absolute Gasteiger partial charge is 0.462 e. The van der Waals surface area contributed by atoms with Crippen LogP contribution in [0.1, 0.15) is 42.1 Å². The Kier molecular flexibility index (Phi) is 5.01. The molecule has 0 spiro atoms. The number of nitrogens with zero attached hydrogens (tertiary/aromatic N) is 2. The lowest BCUT2D eigenvalue weighted by Crippen LogP contribution is -2.32. The van der Waals surface area contributed by atoms with E-state index in [0.29, 0.717) is 17.8 Å². The number of thiophene rings is 1. The minimum absolute atomic E-state index is 0.131. The van der Waals surface area contributed by atoms with Gasteiger partial charge in [-0.2, -0.15) is 0 Å². The van der Waals surface area contributed by atoms with Crippen molar-refractivity contribution in [3.05, 3.63) is 26.6 Å². The molecule has 0 saturated carbocycles. The molecular weight excluding hydrogens is 328 g/mol. The van der Waals surface area contributed by atoms with Crippen LogP contribution in [0.15, 0.2) is 4.79 Å². The number of aromatic nitrogens is 2. The van der Waals surface area contributed by atoms with Crippen LogP contribution in [0.3, 0.4) is 0 Å². The Morgan fingerprint density at radius 2 is 2.08 bits per heavy atom. The van der Waals surface area contributed by atoms with Gasteiger partial charge in [0.05, 0.1) is 12.0 Å². The van der Waals surface area contributed by atoms with Gasteiger partial charge in [-0.3, -0.25) is 9.36 Å². The number of rotatable bonds is 5. The van der Waals surface area contributed by atoms with Gasteiger partial charge in [0, 0.05) is 12.0 Å². The van der Waals surface area contributed by atoms with Gasteiger partial charge < -0.3 is 9.47 Å². The van der Waals surface area contributed by atoms with Crippen molar-refractivity contribution >= 4 is 27.5 Å². The molecule has 1 unspecified atom stereocenters. The molecular formula is C17H22N2O4S. The summed E-state index contributed by atoms with van der Waals surface area (Å²) in [7, 11) is 1.55. The number of aryl methyl sites for hydroxylation is 3. The second kappa shape index (κ2) is 7.03. The van der Waals surface area contributed by atoms with E-state index < -0.39 is 12.0 Å². The molecule has 0 amide bonds. The first-order valence-electron chi connectivity index (χ1n) is 8.23. The average Bonchev–Trinajstić information content (AvgIpc) is 2.92. The van der Waals surface area contributed by atoms with Crippen LogP contribution in [0.25, 0.3) is 10.2 Å². The maximum atomic E-state index is 13.1. The Hall–Kier alpha value is -1.73. The topological polar surface area (TPSA) is 70.4 Å². The highest BCUT2D eigenvalue weighted by Gasteiger charge is 2.25. The Bertz CT molecular complexity index is 824. The molecule has 0 saturated heterocycles. The minimum Gasteiger partial charge on any atom is -0.462 e. The summed E-state index contributed by atoms with van der Waals surface area (Å²) in [4.78, 5) is 31.9. The first kappa shape index (κ1) is 17.1. The third-order valence-corrected chi connectivity index (χ3v) is 5.64. The van der Waals surface area contributed by atoms with Crippen LogP contribution in [0.2, 0.25) is 0 Å². The molecule has 6 nitrogen and oxygen atoms in total. The molecule has 3 rings (SSSR count). The van der Waals surface area contributed by atoms with Crippen LogP contribution in [0.4, 0.5) is 0 Å². The molecule has 2 aromatic heterocycles. The lowest BCUT2D eigenvalue weighted by Gasteiger charge is -2.17. The number of ether oxygens (including phenoxy) is 2. The van der Waals surface area contributed by atoms with Crippen molar-refractivity contribution in [3.8, 4) is 0 Å². The minimum atomic E-state index is -0.703. The van der Waals surface area contributed by atoms with Crippen molar-refractivity contribution in [3.63, 3.8) is 0 Å². The molecule has 7 heteroatoms. The number of carbonyl (C=O) groups is 1. The van der Waals surface area contributed by atoms with Gasteiger partial charge in [0.25, 0.3) is 5.56 Å². The number of hydrogen-bond acceptors (Lipinski definition) is 6. The highest BCUT2D eigenvalue weighted by atomic mass is 32.1. The van der Waals surface area contributed by atoms with Crippen LogP contribution < -0.4 is 5.56 Å². The molecule has 1 aliphatic rings. The predicted octanol–water partition coefficient (Wildman–Crippen LogP) is 2.40. The van der Waals surface area contributed by atoms with E-state index in [1.165, 1.54) is 9.44 Å². The average molecular weight is 350 g/mol. The third kappa shape index (κ3) is 2.98. The van der Waals surface area contributed by atoms with Crippen molar-refractivity contribution < 1.29 is 14.3 Å². The summed E-state index contributed by atoms with van der Waals surface area (Å²) < 4.78 is 11.5. The van der Waals surface area contributed by atoms with Gasteiger partial charge in [0.2, 0.25) is 0 Å². The first-order chi connectivity index (χ1) is 11.5. The zero-order valence-electron chi connectivity index (χ0n) is 14.3. The zero-order valence-corrected chi connectivity index (χ0v) is 15.1.